The number of hydrogen-bond acceptors (Lipinski definition) is 4. The van der Waals surface area contributed by atoms with Crippen LogP contribution in [0.2, 0.25) is 5.02 Å². The van der Waals surface area contributed by atoms with E-state index in [-0.39, 0.29) is 11.2 Å². The predicted octanol–water partition coefficient (Wildman–Crippen LogP) is 7.05. The van der Waals surface area contributed by atoms with Crippen molar-refractivity contribution in [3.8, 4) is 22.3 Å². The number of aryl methyl sites for hydroxylation is 2. The molecular formula is C30H25ClFN5O2. The Hall–Kier alpha value is -4.69. The highest BCUT2D eigenvalue weighted by Gasteiger charge is 2.17. The lowest BCUT2D eigenvalue weighted by molar-refractivity contribution is 0.262. The van der Waals surface area contributed by atoms with Crippen LogP contribution in [0.15, 0.2) is 83.8 Å². The first-order chi connectivity index (χ1) is 18.7. The van der Waals surface area contributed by atoms with Gasteiger partial charge in [-0.1, -0.05) is 48.0 Å². The topological polar surface area (TPSA) is 88.1 Å². The van der Waals surface area contributed by atoms with Gasteiger partial charge in [-0.15, -0.1) is 0 Å². The molecule has 0 saturated heterocycles. The van der Waals surface area contributed by atoms with Crippen LogP contribution in [0.25, 0.3) is 33.2 Å². The minimum absolute atomic E-state index is 0.0674. The van der Waals surface area contributed by atoms with E-state index in [1.165, 1.54) is 16.7 Å². The summed E-state index contributed by atoms with van der Waals surface area (Å²) in [6.07, 6.45) is 1.67. The van der Waals surface area contributed by atoms with Gasteiger partial charge >= 0.3 is 6.03 Å². The van der Waals surface area contributed by atoms with E-state index in [0.717, 1.165) is 16.5 Å². The standard InChI is InChI=1S/C30H25ClFN5O2/c1-17-11-24(32)26(14-22(17)23-12-19-16-34-28(33-2)15-27(19)37(3)29(23)38)36-30(39)35-25-13-20(31)9-10-21(25)18-7-5-4-6-8-18/h4-16H,1-3H3,(H,33,34)(H2,35,36,39). The number of halogens is 2. The first-order valence-electron chi connectivity index (χ1n) is 12.2. The third-order valence-electron chi connectivity index (χ3n) is 6.53. The van der Waals surface area contributed by atoms with E-state index in [9.17, 15) is 9.59 Å². The summed E-state index contributed by atoms with van der Waals surface area (Å²) in [6.45, 7) is 1.71. The molecule has 0 atom stereocenters. The number of benzene rings is 3. The van der Waals surface area contributed by atoms with Crippen molar-refractivity contribution in [1.29, 1.82) is 0 Å². The van der Waals surface area contributed by atoms with Gasteiger partial charge in [-0.25, -0.2) is 14.2 Å². The van der Waals surface area contributed by atoms with Crippen LogP contribution in [0.1, 0.15) is 5.56 Å². The molecule has 0 fully saturated rings. The molecule has 39 heavy (non-hydrogen) atoms. The maximum atomic E-state index is 15.0. The zero-order valence-electron chi connectivity index (χ0n) is 21.5. The second kappa shape index (κ2) is 10.6. The average molecular weight is 542 g/mol. The Balaban J connectivity index is 1.49. The predicted molar refractivity (Wildman–Crippen MR) is 156 cm³/mol. The summed E-state index contributed by atoms with van der Waals surface area (Å²) in [6, 6.07) is 20.3. The molecule has 0 aliphatic carbocycles. The van der Waals surface area contributed by atoms with E-state index in [4.69, 9.17) is 11.6 Å². The Labute approximate surface area is 229 Å². The Bertz CT molecular complexity index is 1790. The summed E-state index contributed by atoms with van der Waals surface area (Å²) in [5.74, 6) is 0.00885. The fourth-order valence-electron chi connectivity index (χ4n) is 4.52. The normalized spacial score (nSPS) is 10.9. The molecule has 0 aliphatic heterocycles. The van der Waals surface area contributed by atoms with Gasteiger partial charge in [0.2, 0.25) is 0 Å². The third kappa shape index (κ3) is 5.19. The van der Waals surface area contributed by atoms with Gasteiger partial charge in [-0.05, 0) is 53.9 Å². The zero-order chi connectivity index (χ0) is 27.7. The minimum Gasteiger partial charge on any atom is -0.373 e. The van der Waals surface area contributed by atoms with Crippen molar-refractivity contribution in [2.45, 2.75) is 6.92 Å². The van der Waals surface area contributed by atoms with Crippen LogP contribution in [0, 0.1) is 12.7 Å². The fourth-order valence-corrected chi connectivity index (χ4v) is 4.69. The van der Waals surface area contributed by atoms with Crippen LogP contribution in [0.5, 0.6) is 0 Å². The Morgan fingerprint density at radius 3 is 2.41 bits per heavy atom. The summed E-state index contributed by atoms with van der Waals surface area (Å²) >= 11 is 6.19. The van der Waals surface area contributed by atoms with Crippen molar-refractivity contribution in [3.05, 3.63) is 106 Å². The number of carbonyl (C=O) groups excluding carboxylic acids is 1. The number of carbonyl (C=O) groups is 1. The largest absolute Gasteiger partial charge is 0.373 e. The van der Waals surface area contributed by atoms with Crippen molar-refractivity contribution in [2.75, 3.05) is 23.0 Å². The highest BCUT2D eigenvalue weighted by Crippen LogP contribution is 2.32. The number of nitrogens with zero attached hydrogens (tertiary/aromatic N) is 2. The summed E-state index contributed by atoms with van der Waals surface area (Å²) in [5, 5.41) is 9.51. The quantitative estimate of drug-likeness (QED) is 0.222. The molecule has 0 unspecified atom stereocenters. The zero-order valence-corrected chi connectivity index (χ0v) is 22.2. The Kier molecular flexibility index (Phi) is 7.04. The van der Waals surface area contributed by atoms with Gasteiger partial charge in [-0.2, -0.15) is 0 Å². The summed E-state index contributed by atoms with van der Waals surface area (Å²) < 4.78 is 16.5. The van der Waals surface area contributed by atoms with E-state index >= 15 is 4.39 Å². The highest BCUT2D eigenvalue weighted by molar-refractivity contribution is 6.31. The number of fused-ring (bicyclic) bond motifs is 1. The van der Waals surface area contributed by atoms with Crippen LogP contribution < -0.4 is 21.5 Å². The van der Waals surface area contributed by atoms with Gasteiger partial charge in [0, 0.05) is 47.9 Å². The molecule has 3 aromatic carbocycles. The highest BCUT2D eigenvalue weighted by atomic mass is 35.5. The van der Waals surface area contributed by atoms with Crippen LogP contribution in [0.4, 0.5) is 26.4 Å². The molecule has 0 aliphatic rings. The van der Waals surface area contributed by atoms with Gasteiger partial charge in [-0.3, -0.25) is 4.79 Å². The summed E-state index contributed by atoms with van der Waals surface area (Å²) in [5.41, 5.74) is 3.91. The summed E-state index contributed by atoms with van der Waals surface area (Å²) in [7, 11) is 3.43. The Morgan fingerprint density at radius 2 is 1.67 bits per heavy atom. The molecule has 7 nitrogen and oxygen atoms in total. The van der Waals surface area contributed by atoms with Crippen molar-refractivity contribution in [3.63, 3.8) is 0 Å². The second-order valence-electron chi connectivity index (χ2n) is 9.08. The first-order valence-corrected chi connectivity index (χ1v) is 12.5. The molecule has 5 rings (SSSR count). The van der Waals surface area contributed by atoms with Crippen molar-refractivity contribution in [1.82, 2.24) is 9.55 Å². The number of pyridine rings is 2. The molecule has 3 N–H and O–H groups in total. The SMILES string of the molecule is CNc1cc2c(cn1)cc(-c1cc(NC(=O)Nc3cc(Cl)ccc3-c3ccccc3)c(F)cc1C)c(=O)n2C. The lowest BCUT2D eigenvalue weighted by Crippen LogP contribution is -2.21. The van der Waals surface area contributed by atoms with E-state index in [1.54, 1.807) is 51.5 Å². The van der Waals surface area contributed by atoms with Crippen LogP contribution in [-0.2, 0) is 7.05 Å². The third-order valence-corrected chi connectivity index (χ3v) is 6.77. The van der Waals surface area contributed by atoms with Gasteiger partial charge in [0.1, 0.15) is 11.6 Å². The monoisotopic (exact) mass is 541 g/mol. The van der Waals surface area contributed by atoms with Crippen molar-refractivity contribution >= 4 is 45.7 Å². The molecule has 2 heterocycles. The fraction of sp³-hybridized carbons (Fsp3) is 0.100. The number of amides is 2. The number of urea groups is 1. The molecule has 2 amide bonds. The number of rotatable bonds is 5. The van der Waals surface area contributed by atoms with Gasteiger partial charge in [0.05, 0.1) is 16.9 Å². The molecule has 5 aromatic rings. The number of hydrogen-bond donors (Lipinski definition) is 3. The summed E-state index contributed by atoms with van der Waals surface area (Å²) in [4.78, 5) is 30.7. The molecule has 0 radical (unpaired) electrons. The molecule has 0 spiro atoms. The van der Waals surface area contributed by atoms with Crippen LogP contribution in [0.3, 0.4) is 0 Å². The van der Waals surface area contributed by atoms with E-state index in [0.29, 0.717) is 38.7 Å². The van der Waals surface area contributed by atoms with Gasteiger partial charge in [0.25, 0.3) is 5.56 Å². The van der Waals surface area contributed by atoms with E-state index in [2.05, 4.69) is 20.9 Å². The van der Waals surface area contributed by atoms with E-state index in [1.807, 2.05) is 36.4 Å². The number of aromatic nitrogens is 2. The molecule has 196 valence electrons. The number of anilines is 3. The minimum atomic E-state index is -0.654. The maximum absolute atomic E-state index is 15.0. The average Bonchev–Trinajstić information content (AvgIpc) is 2.93. The number of nitrogens with one attached hydrogen (secondary N) is 3. The van der Waals surface area contributed by atoms with Crippen molar-refractivity contribution < 1.29 is 9.18 Å². The smallest absolute Gasteiger partial charge is 0.323 e. The molecule has 0 saturated carbocycles. The van der Waals surface area contributed by atoms with Gasteiger partial charge < -0.3 is 20.5 Å². The second-order valence-corrected chi connectivity index (χ2v) is 9.52. The maximum Gasteiger partial charge on any atom is 0.323 e. The first kappa shape index (κ1) is 25.9. The molecular weight excluding hydrogens is 517 g/mol. The lowest BCUT2D eigenvalue weighted by Gasteiger charge is -2.15. The van der Waals surface area contributed by atoms with Crippen LogP contribution in [-0.4, -0.2) is 22.6 Å². The van der Waals surface area contributed by atoms with Crippen molar-refractivity contribution in [2.24, 2.45) is 7.05 Å². The molecule has 9 heteroatoms. The van der Waals surface area contributed by atoms with Gasteiger partial charge in [0.15, 0.2) is 0 Å². The Morgan fingerprint density at radius 1 is 0.923 bits per heavy atom. The molecule has 0 bridgehead atoms. The lowest BCUT2D eigenvalue weighted by atomic mass is 9.99. The van der Waals surface area contributed by atoms with Crippen LogP contribution >= 0.6 is 11.6 Å². The molecule has 2 aromatic heterocycles. The van der Waals surface area contributed by atoms with E-state index < -0.39 is 11.8 Å².